The molecule has 116 valence electrons. The molecule has 6 heteroatoms. The van der Waals surface area contributed by atoms with Gasteiger partial charge >= 0.3 is 0 Å². The molecule has 2 aliphatic heterocycles. The van der Waals surface area contributed by atoms with Gasteiger partial charge in [-0.2, -0.15) is 0 Å². The van der Waals surface area contributed by atoms with Gasteiger partial charge in [-0.05, 0) is 62.2 Å². The molecule has 0 unspecified atom stereocenters. The number of nitrogens with one attached hydrogen (secondary N) is 2. The number of halogens is 1. The van der Waals surface area contributed by atoms with Crippen LogP contribution >= 0.6 is 11.8 Å². The van der Waals surface area contributed by atoms with Crippen LogP contribution in [0.15, 0.2) is 18.3 Å². The van der Waals surface area contributed by atoms with Crippen LogP contribution in [0, 0.1) is 5.92 Å². The molecule has 1 atom stereocenters. The molecule has 2 N–H and O–H groups in total. The minimum Gasteiger partial charge on any atom is -0.492 e. The summed E-state index contributed by atoms with van der Waals surface area (Å²) in [6.45, 7) is 4.91. The first kappa shape index (κ1) is 14.9. The molecular formula is C15H23ClN4O. The van der Waals surface area contributed by atoms with Crippen molar-refractivity contribution in [3.8, 4) is 5.75 Å². The number of pyridine rings is 1. The van der Waals surface area contributed by atoms with E-state index in [2.05, 4.69) is 20.0 Å². The lowest BCUT2D eigenvalue weighted by Gasteiger charge is -2.22. The van der Waals surface area contributed by atoms with Gasteiger partial charge in [-0.25, -0.2) is 9.82 Å². The Balaban J connectivity index is 1.49. The summed E-state index contributed by atoms with van der Waals surface area (Å²) in [7, 11) is 0. The van der Waals surface area contributed by atoms with Gasteiger partial charge in [0.1, 0.15) is 11.6 Å². The van der Waals surface area contributed by atoms with E-state index in [4.69, 9.17) is 16.5 Å². The molecule has 3 heterocycles. The van der Waals surface area contributed by atoms with Gasteiger partial charge in [-0.1, -0.05) is 0 Å². The van der Waals surface area contributed by atoms with Crippen molar-refractivity contribution < 1.29 is 4.74 Å². The first-order valence-electron chi connectivity index (χ1n) is 7.76. The first-order valence-corrected chi connectivity index (χ1v) is 8.13. The summed E-state index contributed by atoms with van der Waals surface area (Å²) >= 11 is 5.68. The van der Waals surface area contributed by atoms with Crippen molar-refractivity contribution in [2.45, 2.75) is 25.3 Å². The lowest BCUT2D eigenvalue weighted by atomic mass is 9.99. The Morgan fingerprint density at radius 1 is 1.33 bits per heavy atom. The number of ether oxygens (including phenoxy) is 1. The van der Waals surface area contributed by atoms with Crippen LogP contribution in [-0.2, 0) is 0 Å². The topological polar surface area (TPSA) is 49.4 Å². The third kappa shape index (κ3) is 3.99. The monoisotopic (exact) mass is 310 g/mol. The molecular weight excluding hydrogens is 288 g/mol. The summed E-state index contributed by atoms with van der Waals surface area (Å²) in [4.78, 5) is 9.56. The Morgan fingerprint density at radius 3 is 2.86 bits per heavy atom. The lowest BCUT2D eigenvalue weighted by molar-refractivity contribution is 0.214. The van der Waals surface area contributed by atoms with Gasteiger partial charge in [0.05, 0.1) is 12.8 Å². The van der Waals surface area contributed by atoms with Crippen molar-refractivity contribution in [2.24, 2.45) is 5.92 Å². The quantitative estimate of drug-likeness (QED) is 0.812. The van der Waals surface area contributed by atoms with Crippen LogP contribution in [0.25, 0.3) is 0 Å². The zero-order chi connectivity index (χ0) is 14.5. The van der Waals surface area contributed by atoms with E-state index in [1.807, 2.05) is 18.3 Å². The normalized spacial score (nSPS) is 23.5. The average molecular weight is 311 g/mol. The van der Waals surface area contributed by atoms with Crippen LogP contribution in [0.4, 0.5) is 5.82 Å². The van der Waals surface area contributed by atoms with Crippen molar-refractivity contribution in [1.82, 2.24) is 15.1 Å². The minimum absolute atomic E-state index is 0.351. The minimum atomic E-state index is 0.351. The Kier molecular flexibility index (Phi) is 5.17. The van der Waals surface area contributed by atoms with Gasteiger partial charge in [0.2, 0.25) is 0 Å². The Hall–Kier alpha value is -1.04. The maximum atomic E-state index is 5.86. The fourth-order valence-electron chi connectivity index (χ4n) is 2.96. The molecule has 0 radical (unpaired) electrons. The maximum Gasteiger partial charge on any atom is 0.137 e. The number of rotatable bonds is 5. The highest BCUT2D eigenvalue weighted by Crippen LogP contribution is 2.21. The lowest BCUT2D eigenvalue weighted by Crippen LogP contribution is -2.30. The van der Waals surface area contributed by atoms with E-state index in [-0.39, 0.29) is 0 Å². The summed E-state index contributed by atoms with van der Waals surface area (Å²) in [5.74, 6) is 2.53. The van der Waals surface area contributed by atoms with Crippen LogP contribution in [0.2, 0.25) is 0 Å². The molecule has 0 bridgehead atoms. The van der Waals surface area contributed by atoms with Crippen LogP contribution in [0.5, 0.6) is 5.75 Å². The predicted octanol–water partition coefficient (Wildman–Crippen LogP) is 1.78. The second-order valence-corrected chi connectivity index (χ2v) is 6.12. The number of hydrogen-bond acceptors (Lipinski definition) is 5. The first-order chi connectivity index (χ1) is 10.3. The Labute approximate surface area is 131 Å². The van der Waals surface area contributed by atoms with E-state index in [9.17, 15) is 0 Å². The molecule has 0 aromatic carbocycles. The highest BCUT2D eigenvalue weighted by Gasteiger charge is 2.22. The van der Waals surface area contributed by atoms with Crippen LogP contribution in [0.3, 0.4) is 0 Å². The van der Waals surface area contributed by atoms with Crippen molar-refractivity contribution >= 4 is 17.6 Å². The highest BCUT2D eigenvalue weighted by molar-refractivity contribution is 6.13. The van der Waals surface area contributed by atoms with Crippen molar-refractivity contribution in [3.63, 3.8) is 0 Å². The van der Waals surface area contributed by atoms with Gasteiger partial charge in [0, 0.05) is 19.1 Å². The van der Waals surface area contributed by atoms with Crippen LogP contribution in [0.1, 0.15) is 19.3 Å². The Morgan fingerprint density at radius 2 is 2.19 bits per heavy atom. The van der Waals surface area contributed by atoms with E-state index in [1.54, 1.807) is 0 Å². The van der Waals surface area contributed by atoms with E-state index in [1.165, 1.54) is 12.8 Å². The summed E-state index contributed by atoms with van der Waals surface area (Å²) in [6, 6.07) is 4.41. The fourth-order valence-corrected chi connectivity index (χ4v) is 3.14. The number of anilines is 1. The fraction of sp³-hybridized carbons (Fsp3) is 0.667. The summed E-state index contributed by atoms with van der Waals surface area (Å²) in [5, 5.41) is 3.37. The van der Waals surface area contributed by atoms with E-state index < -0.39 is 0 Å². The largest absolute Gasteiger partial charge is 0.492 e. The van der Waals surface area contributed by atoms with Gasteiger partial charge in [-0.3, -0.25) is 0 Å². The zero-order valence-electron chi connectivity index (χ0n) is 12.2. The van der Waals surface area contributed by atoms with Crippen molar-refractivity contribution in [2.75, 3.05) is 37.7 Å². The predicted molar refractivity (Wildman–Crippen MR) is 84.9 cm³/mol. The second kappa shape index (κ2) is 7.29. The van der Waals surface area contributed by atoms with Crippen LogP contribution in [-0.4, -0.2) is 43.8 Å². The SMILES string of the molecule is ClN[C@@H]1CCN(c2ccc(OCC3CCNCC3)cn2)C1. The molecule has 0 aliphatic carbocycles. The molecule has 5 nitrogen and oxygen atoms in total. The van der Waals surface area contributed by atoms with Gasteiger partial charge in [-0.15, -0.1) is 0 Å². The summed E-state index contributed by atoms with van der Waals surface area (Å²) < 4.78 is 5.86. The third-order valence-electron chi connectivity index (χ3n) is 4.33. The van der Waals surface area contributed by atoms with Crippen molar-refractivity contribution in [1.29, 1.82) is 0 Å². The maximum absolute atomic E-state index is 5.86. The van der Waals surface area contributed by atoms with E-state index in [0.717, 1.165) is 50.8 Å². The van der Waals surface area contributed by atoms with E-state index >= 15 is 0 Å². The standard InChI is InChI=1S/C15H23ClN4O/c16-19-13-5-8-20(10-13)15-2-1-14(9-18-15)21-11-12-3-6-17-7-4-12/h1-2,9,12-13,17,19H,3-8,10-11H2/t13-/m1/s1. The van der Waals surface area contributed by atoms with Crippen LogP contribution < -0.4 is 19.8 Å². The molecule has 3 rings (SSSR count). The van der Waals surface area contributed by atoms with Gasteiger partial charge in [0.15, 0.2) is 0 Å². The highest BCUT2D eigenvalue weighted by atomic mass is 35.5. The number of nitrogens with zero attached hydrogens (tertiary/aromatic N) is 2. The summed E-state index contributed by atoms with van der Waals surface area (Å²) in [6.07, 6.45) is 5.29. The Bertz CT molecular complexity index is 436. The summed E-state index contributed by atoms with van der Waals surface area (Å²) in [5.41, 5.74) is 0. The molecule has 0 saturated carbocycles. The zero-order valence-corrected chi connectivity index (χ0v) is 13.0. The number of hydrogen-bond donors (Lipinski definition) is 2. The molecule has 0 spiro atoms. The second-order valence-electron chi connectivity index (χ2n) is 5.90. The average Bonchev–Trinajstić information content (AvgIpc) is 3.03. The molecule has 2 aliphatic rings. The molecule has 1 aromatic rings. The number of piperidine rings is 1. The molecule has 0 amide bonds. The smallest absolute Gasteiger partial charge is 0.137 e. The molecule has 1 aromatic heterocycles. The molecule has 2 saturated heterocycles. The number of aromatic nitrogens is 1. The molecule has 21 heavy (non-hydrogen) atoms. The molecule has 2 fully saturated rings. The van der Waals surface area contributed by atoms with Crippen molar-refractivity contribution in [3.05, 3.63) is 18.3 Å². The third-order valence-corrected chi connectivity index (χ3v) is 4.64. The van der Waals surface area contributed by atoms with Gasteiger partial charge in [0.25, 0.3) is 0 Å². The van der Waals surface area contributed by atoms with E-state index in [0.29, 0.717) is 12.0 Å². The van der Waals surface area contributed by atoms with Gasteiger partial charge < -0.3 is 15.0 Å².